The second-order valence-electron chi connectivity index (χ2n) is 10.1. The Morgan fingerprint density at radius 3 is 2.64 bits per heavy atom. The van der Waals surface area contributed by atoms with Crippen LogP contribution in [-0.4, -0.2) is 41.6 Å². The Kier molecular flexibility index (Phi) is 9.17. The zero-order chi connectivity index (χ0) is 26.5. The van der Waals surface area contributed by atoms with Crippen LogP contribution in [0.25, 0.3) is 5.70 Å². The van der Waals surface area contributed by atoms with Gasteiger partial charge in [-0.2, -0.15) is 5.90 Å². The lowest BCUT2D eigenvalue weighted by Gasteiger charge is -2.24. The molecule has 2 aromatic rings. The first kappa shape index (κ1) is 27.7. The highest BCUT2D eigenvalue weighted by Crippen LogP contribution is 2.30. The summed E-state index contributed by atoms with van der Waals surface area (Å²) in [6.07, 6.45) is 1.74. The molecular weight excluding hydrogens is 478 g/mol. The number of hydrogen-bond donors (Lipinski definition) is 1. The van der Waals surface area contributed by atoms with Gasteiger partial charge in [-0.25, -0.2) is 4.99 Å². The van der Waals surface area contributed by atoms with Gasteiger partial charge in [0.2, 0.25) is 5.90 Å². The molecule has 2 aromatic carbocycles. The molecule has 0 aliphatic carbocycles. The van der Waals surface area contributed by atoms with Crippen LogP contribution in [0.5, 0.6) is 5.75 Å². The molecule has 8 heteroatoms. The summed E-state index contributed by atoms with van der Waals surface area (Å²) in [6.45, 7) is 15.4. The molecule has 0 radical (unpaired) electrons. The van der Waals surface area contributed by atoms with Gasteiger partial charge in [0, 0.05) is 17.7 Å². The summed E-state index contributed by atoms with van der Waals surface area (Å²) in [5, 5.41) is 0.440. The summed E-state index contributed by atoms with van der Waals surface area (Å²) < 4.78 is 11.2. The molecule has 0 spiro atoms. The molecule has 194 valence electrons. The Morgan fingerprint density at radius 1 is 1.25 bits per heavy atom. The third-order valence-corrected chi connectivity index (χ3v) is 5.84. The largest absolute Gasteiger partial charge is 0.489 e. The van der Waals surface area contributed by atoms with Crippen LogP contribution in [0, 0.1) is 0 Å². The highest BCUT2D eigenvalue weighted by atomic mass is 35.5. The molecule has 0 saturated heterocycles. The summed E-state index contributed by atoms with van der Waals surface area (Å²) in [6, 6.07) is 11.3. The molecule has 1 heterocycles. The van der Waals surface area contributed by atoms with E-state index in [-0.39, 0.29) is 24.5 Å². The first-order valence-electron chi connectivity index (χ1n) is 12.1. The summed E-state index contributed by atoms with van der Waals surface area (Å²) >= 11 is 6.39. The molecule has 36 heavy (non-hydrogen) atoms. The van der Waals surface area contributed by atoms with Gasteiger partial charge in [-0.3, -0.25) is 9.69 Å². The van der Waals surface area contributed by atoms with Gasteiger partial charge >= 0.3 is 5.97 Å². The number of carbonyl (C=O) groups is 1. The second kappa shape index (κ2) is 11.9. The van der Waals surface area contributed by atoms with Crippen LogP contribution in [0.2, 0.25) is 5.02 Å². The van der Waals surface area contributed by atoms with Crippen molar-refractivity contribution in [2.75, 3.05) is 13.1 Å². The van der Waals surface area contributed by atoms with E-state index < -0.39 is 5.60 Å². The van der Waals surface area contributed by atoms with Crippen molar-refractivity contribution in [3.05, 3.63) is 70.3 Å². The predicted molar refractivity (Wildman–Crippen MR) is 144 cm³/mol. The molecule has 0 fully saturated rings. The monoisotopic (exact) mass is 513 g/mol. The van der Waals surface area contributed by atoms with Crippen molar-refractivity contribution in [3.63, 3.8) is 0 Å². The number of hydrogen-bond acceptors (Lipinski definition) is 7. The van der Waals surface area contributed by atoms with Gasteiger partial charge in [-0.1, -0.05) is 36.4 Å². The fourth-order valence-electron chi connectivity index (χ4n) is 4.16. The normalized spacial score (nSPS) is 14.7. The van der Waals surface area contributed by atoms with Crippen molar-refractivity contribution in [1.29, 1.82) is 0 Å². The Labute approximate surface area is 218 Å². The molecule has 0 aromatic heterocycles. The number of esters is 1. The van der Waals surface area contributed by atoms with E-state index >= 15 is 0 Å². The summed E-state index contributed by atoms with van der Waals surface area (Å²) in [7, 11) is 0. The molecule has 0 saturated carbocycles. The predicted octanol–water partition coefficient (Wildman–Crippen LogP) is 5.52. The third kappa shape index (κ3) is 7.56. The number of ether oxygens (including phenoxy) is 2. The standard InChI is InChI=1S/C28H36ClN3O4/c1-18(2)34-25-13-12-20(15-24(25)29)27(36-30)31-19(3)22-10-7-9-21-16-32(14-8-11-23(21)22)17-26(33)35-28(4,5)6/h7,9-10,12-13,15,18H,3,8,11,14,16-17,30H2,1-2,4-6H3. The van der Waals surface area contributed by atoms with Gasteiger partial charge < -0.3 is 14.3 Å². The van der Waals surface area contributed by atoms with E-state index in [1.165, 1.54) is 0 Å². The van der Waals surface area contributed by atoms with E-state index in [0.29, 0.717) is 28.6 Å². The Morgan fingerprint density at radius 2 is 2.00 bits per heavy atom. The SMILES string of the molecule is C=C(N=C(ON)c1ccc(OC(C)C)c(Cl)c1)c1cccc2c1CCCN(CC(=O)OC(C)(C)C)C2. The molecule has 3 rings (SSSR count). The first-order valence-corrected chi connectivity index (χ1v) is 12.5. The van der Waals surface area contributed by atoms with E-state index in [0.717, 1.165) is 36.1 Å². The van der Waals surface area contributed by atoms with E-state index in [1.807, 2.05) is 46.8 Å². The van der Waals surface area contributed by atoms with Crippen LogP contribution in [0.3, 0.4) is 0 Å². The van der Waals surface area contributed by atoms with Crippen molar-refractivity contribution >= 4 is 29.2 Å². The fourth-order valence-corrected chi connectivity index (χ4v) is 4.39. The van der Waals surface area contributed by atoms with Crippen molar-refractivity contribution in [1.82, 2.24) is 4.90 Å². The third-order valence-electron chi connectivity index (χ3n) is 5.54. The molecular formula is C28H36ClN3O4. The van der Waals surface area contributed by atoms with E-state index in [4.69, 9.17) is 31.8 Å². The van der Waals surface area contributed by atoms with Crippen molar-refractivity contribution in [2.24, 2.45) is 10.9 Å². The second-order valence-corrected chi connectivity index (χ2v) is 10.5. The maximum Gasteiger partial charge on any atom is 0.320 e. The first-order chi connectivity index (χ1) is 17.0. The molecule has 7 nitrogen and oxygen atoms in total. The number of benzene rings is 2. The molecule has 0 atom stereocenters. The van der Waals surface area contributed by atoms with Crippen LogP contribution in [-0.2, 0) is 27.3 Å². The number of rotatable bonds is 7. The number of halogens is 1. The number of carbonyl (C=O) groups excluding carboxylic acids is 1. The van der Waals surface area contributed by atoms with E-state index in [2.05, 4.69) is 22.5 Å². The highest BCUT2D eigenvalue weighted by molar-refractivity contribution is 6.32. The summed E-state index contributed by atoms with van der Waals surface area (Å²) in [5.74, 6) is 6.14. The molecule has 1 aliphatic heterocycles. The molecule has 0 amide bonds. The van der Waals surface area contributed by atoms with Crippen LogP contribution < -0.4 is 10.6 Å². The number of aliphatic imine (C=N–C) groups is 1. The van der Waals surface area contributed by atoms with Gasteiger partial charge in [0.15, 0.2) is 0 Å². The molecule has 1 aliphatic rings. The Bertz CT molecular complexity index is 1140. The molecule has 2 N–H and O–H groups in total. The minimum absolute atomic E-state index is 0.000391. The van der Waals surface area contributed by atoms with Crippen LogP contribution >= 0.6 is 11.6 Å². The lowest BCUT2D eigenvalue weighted by molar-refractivity contribution is -0.156. The van der Waals surface area contributed by atoms with E-state index in [1.54, 1.807) is 18.2 Å². The van der Waals surface area contributed by atoms with Crippen molar-refractivity contribution < 1.29 is 19.1 Å². The fraction of sp³-hybridized carbons (Fsp3) is 0.429. The number of fused-ring (bicyclic) bond motifs is 1. The minimum atomic E-state index is -0.501. The lowest BCUT2D eigenvalue weighted by Crippen LogP contribution is -2.34. The van der Waals surface area contributed by atoms with Gasteiger partial charge in [0.1, 0.15) is 11.4 Å². The van der Waals surface area contributed by atoms with Crippen LogP contribution in [0.15, 0.2) is 48.0 Å². The average Bonchev–Trinajstić information content (AvgIpc) is 2.98. The minimum Gasteiger partial charge on any atom is -0.489 e. The van der Waals surface area contributed by atoms with Gasteiger partial charge in [-0.05, 0) is 83.3 Å². The van der Waals surface area contributed by atoms with Crippen molar-refractivity contribution in [3.8, 4) is 5.75 Å². The van der Waals surface area contributed by atoms with Crippen molar-refractivity contribution in [2.45, 2.75) is 65.7 Å². The quantitative estimate of drug-likeness (QED) is 0.227. The van der Waals surface area contributed by atoms with Crippen LogP contribution in [0.4, 0.5) is 0 Å². The zero-order valence-electron chi connectivity index (χ0n) is 21.8. The Hall–Kier alpha value is -2.87. The van der Waals surface area contributed by atoms with Crippen LogP contribution in [0.1, 0.15) is 63.3 Å². The topological polar surface area (TPSA) is 86.4 Å². The maximum atomic E-state index is 12.4. The van der Waals surface area contributed by atoms with Gasteiger partial charge in [0.25, 0.3) is 0 Å². The lowest BCUT2D eigenvalue weighted by atomic mass is 9.96. The highest BCUT2D eigenvalue weighted by Gasteiger charge is 2.23. The number of nitrogens with two attached hydrogens (primary N) is 1. The van der Waals surface area contributed by atoms with Gasteiger partial charge in [-0.15, -0.1) is 0 Å². The molecule has 0 bridgehead atoms. The van der Waals surface area contributed by atoms with E-state index in [9.17, 15) is 4.79 Å². The summed E-state index contributed by atoms with van der Waals surface area (Å²) in [4.78, 5) is 24.2. The smallest absolute Gasteiger partial charge is 0.320 e. The maximum absolute atomic E-state index is 12.4. The van der Waals surface area contributed by atoms with Gasteiger partial charge in [0.05, 0.1) is 23.4 Å². The number of nitrogens with zero attached hydrogens (tertiary/aromatic N) is 2. The average molecular weight is 514 g/mol. The zero-order valence-corrected chi connectivity index (χ0v) is 22.5. The molecule has 0 unspecified atom stereocenters. The Balaban J connectivity index is 1.82. The summed E-state index contributed by atoms with van der Waals surface area (Å²) in [5.41, 5.74) is 3.87.